The van der Waals surface area contributed by atoms with Gasteiger partial charge in [-0.2, -0.15) is 0 Å². The van der Waals surface area contributed by atoms with Gasteiger partial charge in [0.1, 0.15) is 0 Å². The summed E-state index contributed by atoms with van der Waals surface area (Å²) in [6.07, 6.45) is 0. The Bertz CT molecular complexity index is 28.0. The van der Waals surface area contributed by atoms with Gasteiger partial charge in [-0.3, -0.25) is 0 Å². The van der Waals surface area contributed by atoms with Gasteiger partial charge in [0.05, 0.1) is 0 Å². The summed E-state index contributed by atoms with van der Waals surface area (Å²) in [5, 5.41) is 0. The first-order chi connectivity index (χ1) is 2.00. The van der Waals surface area contributed by atoms with Crippen LogP contribution in [0.5, 0.6) is 0 Å². The van der Waals surface area contributed by atoms with Crippen molar-refractivity contribution in [2.45, 2.75) is 0 Å². The first-order valence-electron chi connectivity index (χ1n) is 0.617. The van der Waals surface area contributed by atoms with Gasteiger partial charge in [-0.15, -0.1) is 0 Å². The minimum absolute atomic E-state index is 0. The zero-order valence-corrected chi connectivity index (χ0v) is 8.22. The van der Waals surface area contributed by atoms with Crippen LogP contribution in [0.2, 0.25) is 0 Å². The Morgan fingerprint density at radius 2 is 0.556 bits per heavy atom. The molecule has 0 aromatic carbocycles. The van der Waals surface area contributed by atoms with Crippen molar-refractivity contribution in [1.82, 2.24) is 0 Å². The van der Waals surface area contributed by atoms with E-state index in [0.29, 0.717) is 0 Å². The molecule has 4 nitrogen and oxygen atoms in total. The van der Waals surface area contributed by atoms with E-state index in [1.807, 2.05) is 0 Å². The van der Waals surface area contributed by atoms with Crippen LogP contribution in [0.4, 0.5) is 0 Å². The van der Waals surface area contributed by atoms with Gasteiger partial charge in [0.2, 0.25) is 0 Å². The van der Waals surface area contributed by atoms with Gasteiger partial charge in [0, 0.05) is 0 Å². The van der Waals surface area contributed by atoms with Gasteiger partial charge >= 0.3 is 49.6 Å². The molecule has 0 amide bonds. The summed E-state index contributed by atoms with van der Waals surface area (Å²) in [6.45, 7) is 0. The van der Waals surface area contributed by atoms with Crippen molar-refractivity contribution < 1.29 is 31.3 Å². The average Bonchev–Trinajstić information content (AvgIpc) is 0.722. The number of halogens is 4. The predicted molar refractivity (Wildman–Crippen MR) is 37.9 cm³/mol. The van der Waals surface area contributed by atoms with Crippen molar-refractivity contribution in [3.63, 3.8) is 0 Å². The Kier molecular flexibility index (Phi) is 42.5. The summed E-state index contributed by atoms with van der Waals surface area (Å²) >= 11 is 0. The van der Waals surface area contributed by atoms with Crippen molar-refractivity contribution >= 4 is 40.2 Å². The van der Waals surface area contributed by atoms with E-state index in [-0.39, 0.29) is 21.9 Å². The fourth-order valence-corrected chi connectivity index (χ4v) is 0. The zero-order valence-electron chi connectivity index (χ0n) is 3.92. The number of hydrogen-bond donors (Lipinski definition) is 0. The van der Waals surface area contributed by atoms with Crippen molar-refractivity contribution in [1.29, 1.82) is 0 Å². The second-order valence-corrected chi connectivity index (χ2v) is 13.0. The molecule has 9 heavy (non-hydrogen) atoms. The van der Waals surface area contributed by atoms with E-state index in [2.05, 4.69) is 0 Å². The molecule has 0 radical (unpaired) electrons. The number of rotatable bonds is 0. The van der Waals surface area contributed by atoms with Gasteiger partial charge < -0.3 is 21.9 Å². The topological polar surface area (TPSA) is 126 Å². The van der Waals surface area contributed by atoms with Gasteiger partial charge in [-0.1, -0.05) is 0 Å². The maximum atomic E-state index is 4.98. The van der Waals surface area contributed by atoms with Crippen LogP contribution in [0.3, 0.4) is 0 Å². The quantitative estimate of drug-likeness (QED) is 0.558. The summed E-state index contributed by atoms with van der Waals surface area (Å²) in [5.74, 6) is 0. The van der Waals surface area contributed by atoms with Gasteiger partial charge in [0.25, 0.3) is 0 Å². The maximum absolute atomic E-state index is 4.98. The van der Waals surface area contributed by atoms with Crippen LogP contribution in [0, 0.1) is 0 Å². The Balaban J connectivity index is -0.0000000133. The molecule has 0 rings (SSSR count). The van der Waals surface area contributed by atoms with Crippen LogP contribution in [0.1, 0.15) is 0 Å². The third-order valence-corrected chi connectivity index (χ3v) is 0. The van der Waals surface area contributed by atoms with E-state index in [1.165, 1.54) is 0 Å². The van der Waals surface area contributed by atoms with Crippen LogP contribution >= 0.6 is 40.2 Å². The molecule has 0 fully saturated rings. The molecular formula is H8Cl4CrO4. The molecule has 0 unspecified atom stereocenters. The average molecular weight is 266 g/mol. The summed E-state index contributed by atoms with van der Waals surface area (Å²) < 4.78 is 0. The minimum atomic E-state index is -2.86. The standard InChI is InChI=1S/4ClH.Cr.4H2O/h4*1H;;4*1H2/q;;;;+4;;;;/p-4. The van der Waals surface area contributed by atoms with Crippen molar-refractivity contribution in [2.24, 2.45) is 0 Å². The van der Waals surface area contributed by atoms with Crippen LogP contribution in [0.25, 0.3) is 0 Å². The molecule has 0 bridgehead atoms. The first-order valence-corrected chi connectivity index (χ1v) is 7.63. The van der Waals surface area contributed by atoms with E-state index in [1.54, 1.807) is 0 Å². The van der Waals surface area contributed by atoms with Gasteiger partial charge in [-0.05, 0) is 0 Å². The molecule has 0 aromatic rings. The molecule has 8 N–H and O–H groups in total. The summed E-state index contributed by atoms with van der Waals surface area (Å²) in [7, 11) is 17.1. The normalized spacial score (nSPS) is 8.44. The molecule has 9 heteroatoms. The second-order valence-electron chi connectivity index (χ2n) is 0.350. The molecule has 66 valence electrons. The molecule has 0 saturated carbocycles. The Labute approximate surface area is 71.4 Å². The third kappa shape index (κ3) is 230. The van der Waals surface area contributed by atoms with Gasteiger partial charge in [0.15, 0.2) is 0 Å². The predicted octanol–water partition coefficient (Wildman–Crippen LogP) is -0.543. The van der Waals surface area contributed by atoms with Crippen LogP contribution in [0.15, 0.2) is 0 Å². The summed E-state index contributed by atoms with van der Waals surface area (Å²) in [6, 6.07) is 0. The van der Waals surface area contributed by atoms with Crippen LogP contribution in [-0.4, -0.2) is 21.9 Å². The van der Waals surface area contributed by atoms with Crippen LogP contribution < -0.4 is 0 Å². The fraction of sp³-hybridized carbons (Fsp3) is 0. The molecule has 0 aliphatic rings. The second kappa shape index (κ2) is 12.2. The number of hydrogen-bond acceptors (Lipinski definition) is 0. The third-order valence-electron chi connectivity index (χ3n) is 0. The fourth-order valence-electron chi connectivity index (χ4n) is 0. The van der Waals surface area contributed by atoms with E-state index in [0.717, 1.165) is 0 Å². The SMILES string of the molecule is O.O.O.O.[Cl][Cr]([Cl])([Cl])[Cl]. The summed E-state index contributed by atoms with van der Waals surface area (Å²) in [4.78, 5) is 0. The van der Waals surface area contributed by atoms with E-state index in [9.17, 15) is 0 Å². The molecule has 0 spiro atoms. The molecule has 0 aliphatic carbocycles. The van der Waals surface area contributed by atoms with Gasteiger partial charge in [-0.25, -0.2) is 0 Å². The molecule has 0 aromatic heterocycles. The molecular weight excluding hydrogens is 258 g/mol. The first kappa shape index (κ1) is 31.3. The van der Waals surface area contributed by atoms with Crippen LogP contribution in [-0.2, 0) is 9.39 Å². The molecule has 0 atom stereocenters. The van der Waals surface area contributed by atoms with Crippen molar-refractivity contribution in [2.75, 3.05) is 0 Å². The molecule has 0 heterocycles. The Hall–Kier alpha value is 1.53. The Morgan fingerprint density at radius 1 is 0.556 bits per heavy atom. The van der Waals surface area contributed by atoms with E-state index < -0.39 is 9.39 Å². The van der Waals surface area contributed by atoms with E-state index in [4.69, 9.17) is 40.2 Å². The molecule has 0 aliphatic heterocycles. The zero-order chi connectivity index (χ0) is 4.50. The van der Waals surface area contributed by atoms with E-state index >= 15 is 0 Å². The Morgan fingerprint density at radius 3 is 0.556 bits per heavy atom. The van der Waals surface area contributed by atoms with Crippen molar-refractivity contribution in [3.05, 3.63) is 0 Å². The monoisotopic (exact) mass is 264 g/mol. The summed E-state index contributed by atoms with van der Waals surface area (Å²) in [5.41, 5.74) is 0. The van der Waals surface area contributed by atoms with Crippen molar-refractivity contribution in [3.8, 4) is 0 Å². The molecule has 0 saturated heterocycles.